The van der Waals surface area contributed by atoms with Crippen LogP contribution in [0.25, 0.3) is 10.9 Å². The standard InChI is InChI=1S/C17H14Br2N2/c1-20-17(14-7-6-13(18)9-15(14)19)12-8-11-4-2-3-5-16(11)21-10-12/h2-10,17,20H,1H3. The van der Waals surface area contributed by atoms with Crippen LogP contribution >= 0.6 is 31.9 Å². The molecule has 1 heterocycles. The molecule has 0 aliphatic carbocycles. The number of rotatable bonds is 3. The molecule has 3 rings (SSSR count). The average Bonchev–Trinajstić information content (AvgIpc) is 2.50. The Morgan fingerprint density at radius 3 is 2.62 bits per heavy atom. The highest BCUT2D eigenvalue weighted by Crippen LogP contribution is 2.31. The lowest BCUT2D eigenvalue weighted by Gasteiger charge is -2.19. The van der Waals surface area contributed by atoms with Crippen LogP contribution < -0.4 is 5.32 Å². The Morgan fingerprint density at radius 1 is 1.05 bits per heavy atom. The summed E-state index contributed by atoms with van der Waals surface area (Å²) in [6.07, 6.45) is 1.94. The van der Waals surface area contributed by atoms with Crippen LogP contribution in [0.3, 0.4) is 0 Å². The first-order valence-electron chi connectivity index (χ1n) is 6.66. The number of halogens is 2. The maximum absolute atomic E-state index is 4.56. The van der Waals surface area contributed by atoms with E-state index in [0.29, 0.717) is 0 Å². The molecule has 0 amide bonds. The Morgan fingerprint density at radius 2 is 1.86 bits per heavy atom. The van der Waals surface area contributed by atoms with Crippen LogP contribution in [-0.2, 0) is 0 Å². The summed E-state index contributed by atoms with van der Waals surface area (Å²) in [5, 5.41) is 4.53. The molecule has 0 saturated carbocycles. The lowest BCUT2D eigenvalue weighted by Crippen LogP contribution is -2.18. The molecule has 0 radical (unpaired) electrons. The van der Waals surface area contributed by atoms with E-state index in [1.807, 2.05) is 31.4 Å². The minimum absolute atomic E-state index is 0.101. The van der Waals surface area contributed by atoms with Crippen LogP contribution in [0.4, 0.5) is 0 Å². The molecule has 3 aromatic rings. The molecule has 1 unspecified atom stereocenters. The zero-order valence-corrected chi connectivity index (χ0v) is 14.6. The van der Waals surface area contributed by atoms with Crippen molar-refractivity contribution in [3.05, 3.63) is 74.8 Å². The lowest BCUT2D eigenvalue weighted by molar-refractivity contribution is 0.687. The number of aromatic nitrogens is 1. The fraction of sp³-hybridized carbons (Fsp3) is 0.118. The number of benzene rings is 2. The van der Waals surface area contributed by atoms with Crippen LogP contribution in [0.15, 0.2) is 63.7 Å². The van der Waals surface area contributed by atoms with E-state index < -0.39 is 0 Å². The molecule has 0 spiro atoms. The third-order valence-electron chi connectivity index (χ3n) is 3.51. The zero-order chi connectivity index (χ0) is 14.8. The first-order valence-corrected chi connectivity index (χ1v) is 8.24. The molecule has 1 aromatic heterocycles. The minimum Gasteiger partial charge on any atom is -0.309 e. The van der Waals surface area contributed by atoms with E-state index >= 15 is 0 Å². The molecule has 0 aliphatic heterocycles. The van der Waals surface area contributed by atoms with Gasteiger partial charge in [-0.15, -0.1) is 0 Å². The highest BCUT2D eigenvalue weighted by atomic mass is 79.9. The van der Waals surface area contributed by atoms with Crippen molar-refractivity contribution < 1.29 is 0 Å². The molecule has 0 fully saturated rings. The average molecular weight is 406 g/mol. The van der Waals surface area contributed by atoms with Crippen molar-refractivity contribution >= 4 is 42.8 Å². The van der Waals surface area contributed by atoms with E-state index in [1.165, 1.54) is 5.56 Å². The van der Waals surface area contributed by atoms with Gasteiger partial charge in [0.25, 0.3) is 0 Å². The van der Waals surface area contributed by atoms with E-state index in [4.69, 9.17) is 0 Å². The molecular weight excluding hydrogens is 392 g/mol. The van der Waals surface area contributed by atoms with E-state index in [-0.39, 0.29) is 6.04 Å². The van der Waals surface area contributed by atoms with Crippen LogP contribution in [0, 0.1) is 0 Å². The van der Waals surface area contributed by atoms with Gasteiger partial charge in [-0.05, 0) is 42.4 Å². The van der Waals surface area contributed by atoms with Crippen LogP contribution in [0.2, 0.25) is 0 Å². The largest absolute Gasteiger partial charge is 0.309 e. The number of hydrogen-bond donors (Lipinski definition) is 1. The minimum atomic E-state index is 0.101. The third kappa shape index (κ3) is 3.03. The van der Waals surface area contributed by atoms with Crippen LogP contribution in [-0.4, -0.2) is 12.0 Å². The fourth-order valence-corrected chi connectivity index (χ4v) is 3.76. The Kier molecular flexibility index (Phi) is 4.38. The molecular formula is C17H14Br2N2. The molecule has 0 aliphatic rings. The van der Waals surface area contributed by atoms with Crippen molar-refractivity contribution in [2.75, 3.05) is 7.05 Å². The number of fused-ring (bicyclic) bond motifs is 1. The highest BCUT2D eigenvalue weighted by Gasteiger charge is 2.16. The molecule has 2 aromatic carbocycles. The molecule has 0 saturated heterocycles. The van der Waals surface area contributed by atoms with Crippen molar-refractivity contribution in [3.8, 4) is 0 Å². The van der Waals surface area contributed by atoms with Crippen molar-refractivity contribution in [1.29, 1.82) is 0 Å². The van der Waals surface area contributed by atoms with Gasteiger partial charge in [0, 0.05) is 20.5 Å². The molecule has 106 valence electrons. The van der Waals surface area contributed by atoms with E-state index in [0.717, 1.165) is 25.4 Å². The summed E-state index contributed by atoms with van der Waals surface area (Å²) < 4.78 is 2.13. The Bertz CT molecular complexity index is 787. The Hall–Kier alpha value is -1.23. The van der Waals surface area contributed by atoms with Crippen molar-refractivity contribution in [3.63, 3.8) is 0 Å². The third-order valence-corrected chi connectivity index (χ3v) is 4.69. The van der Waals surface area contributed by atoms with Crippen molar-refractivity contribution in [2.45, 2.75) is 6.04 Å². The molecule has 2 nitrogen and oxygen atoms in total. The summed E-state index contributed by atoms with van der Waals surface area (Å²) in [5.41, 5.74) is 3.36. The van der Waals surface area contributed by atoms with Gasteiger partial charge in [0.05, 0.1) is 11.6 Å². The summed E-state index contributed by atoms with van der Waals surface area (Å²) in [6.45, 7) is 0. The SMILES string of the molecule is CNC(c1cnc2ccccc2c1)c1ccc(Br)cc1Br. The first-order chi connectivity index (χ1) is 10.2. The van der Waals surface area contributed by atoms with Crippen LogP contribution in [0.5, 0.6) is 0 Å². The number of nitrogens with zero attached hydrogens (tertiary/aromatic N) is 1. The summed E-state index contributed by atoms with van der Waals surface area (Å²) in [6, 6.07) is 16.7. The van der Waals surface area contributed by atoms with Crippen molar-refractivity contribution in [2.24, 2.45) is 0 Å². The second-order valence-corrected chi connectivity index (χ2v) is 6.62. The van der Waals surface area contributed by atoms with Crippen molar-refractivity contribution in [1.82, 2.24) is 10.3 Å². The van der Waals surface area contributed by atoms with Crippen LogP contribution in [0.1, 0.15) is 17.2 Å². The second kappa shape index (κ2) is 6.26. The van der Waals surface area contributed by atoms with E-state index in [1.54, 1.807) is 0 Å². The summed E-state index contributed by atoms with van der Waals surface area (Å²) in [4.78, 5) is 4.56. The quantitative estimate of drug-likeness (QED) is 0.657. The number of hydrogen-bond acceptors (Lipinski definition) is 2. The maximum atomic E-state index is 4.56. The van der Waals surface area contributed by atoms with E-state index in [2.05, 4.69) is 72.5 Å². The second-order valence-electron chi connectivity index (χ2n) is 4.85. The van der Waals surface area contributed by atoms with Gasteiger partial charge in [0.1, 0.15) is 0 Å². The molecule has 1 N–H and O–H groups in total. The lowest BCUT2D eigenvalue weighted by atomic mass is 9.99. The summed E-state index contributed by atoms with van der Waals surface area (Å²) in [5.74, 6) is 0. The maximum Gasteiger partial charge on any atom is 0.0702 e. The molecule has 0 bridgehead atoms. The summed E-state index contributed by atoms with van der Waals surface area (Å²) >= 11 is 7.14. The van der Waals surface area contributed by atoms with Gasteiger partial charge in [-0.3, -0.25) is 4.98 Å². The van der Waals surface area contributed by atoms with Gasteiger partial charge >= 0.3 is 0 Å². The fourth-order valence-electron chi connectivity index (χ4n) is 2.48. The number of pyridine rings is 1. The van der Waals surface area contributed by atoms with Gasteiger partial charge in [-0.25, -0.2) is 0 Å². The van der Waals surface area contributed by atoms with Gasteiger partial charge in [-0.2, -0.15) is 0 Å². The monoisotopic (exact) mass is 404 g/mol. The van der Waals surface area contributed by atoms with Gasteiger partial charge < -0.3 is 5.32 Å². The predicted molar refractivity (Wildman–Crippen MR) is 94.5 cm³/mol. The molecule has 4 heteroatoms. The molecule has 21 heavy (non-hydrogen) atoms. The predicted octanol–water partition coefficient (Wildman–Crippen LogP) is 5.07. The van der Waals surface area contributed by atoms with Gasteiger partial charge in [0.15, 0.2) is 0 Å². The molecule has 1 atom stereocenters. The van der Waals surface area contributed by atoms with E-state index in [9.17, 15) is 0 Å². The number of nitrogens with one attached hydrogen (secondary N) is 1. The smallest absolute Gasteiger partial charge is 0.0702 e. The normalized spacial score (nSPS) is 12.5. The number of para-hydroxylation sites is 1. The topological polar surface area (TPSA) is 24.9 Å². The summed E-state index contributed by atoms with van der Waals surface area (Å²) in [7, 11) is 1.97. The Balaban J connectivity index is 2.09. The van der Waals surface area contributed by atoms with Gasteiger partial charge in [-0.1, -0.05) is 56.1 Å². The Labute approximate surface area is 140 Å². The highest BCUT2D eigenvalue weighted by molar-refractivity contribution is 9.11. The zero-order valence-electron chi connectivity index (χ0n) is 11.5. The van der Waals surface area contributed by atoms with Gasteiger partial charge in [0.2, 0.25) is 0 Å². The first kappa shape index (κ1) is 14.7.